The molecule has 1 aliphatic carbocycles. The zero-order valence-electron chi connectivity index (χ0n) is 13.4. The van der Waals surface area contributed by atoms with Gasteiger partial charge in [-0.1, -0.05) is 6.07 Å². The third-order valence-electron chi connectivity index (χ3n) is 3.90. The van der Waals surface area contributed by atoms with Crippen molar-refractivity contribution in [1.82, 2.24) is 5.32 Å². The van der Waals surface area contributed by atoms with Gasteiger partial charge in [0.2, 0.25) is 0 Å². The maximum absolute atomic E-state index is 5.60. The molecule has 1 aromatic carbocycles. The molecule has 0 bridgehead atoms. The van der Waals surface area contributed by atoms with Crippen LogP contribution in [-0.4, -0.2) is 33.2 Å². The number of rotatable bonds is 8. The third kappa shape index (κ3) is 4.43. The second-order valence-electron chi connectivity index (χ2n) is 5.26. The van der Waals surface area contributed by atoms with Gasteiger partial charge < -0.3 is 19.5 Å². The van der Waals surface area contributed by atoms with Gasteiger partial charge >= 0.3 is 0 Å². The maximum atomic E-state index is 5.60. The minimum Gasteiger partial charge on any atom is -0.497 e. The van der Waals surface area contributed by atoms with Crippen molar-refractivity contribution in [2.45, 2.75) is 45.4 Å². The van der Waals surface area contributed by atoms with Gasteiger partial charge in [-0.15, -0.1) is 0 Å². The Labute approximate surface area is 127 Å². The minimum atomic E-state index is -0.170. The molecule has 1 atom stereocenters. The number of hydrogen-bond acceptors (Lipinski definition) is 4. The Balaban J connectivity index is 2.01. The molecule has 0 saturated heterocycles. The van der Waals surface area contributed by atoms with Crippen LogP contribution in [0.5, 0.6) is 5.75 Å². The van der Waals surface area contributed by atoms with Gasteiger partial charge in [-0.2, -0.15) is 0 Å². The monoisotopic (exact) mass is 293 g/mol. The lowest BCUT2D eigenvalue weighted by Crippen LogP contribution is -2.35. The van der Waals surface area contributed by atoms with E-state index in [4.69, 9.17) is 14.2 Å². The highest BCUT2D eigenvalue weighted by Gasteiger charge is 2.21. The summed E-state index contributed by atoms with van der Waals surface area (Å²) in [7, 11) is 1.72. The molecule has 0 amide bonds. The van der Waals surface area contributed by atoms with Gasteiger partial charge in [-0.25, -0.2) is 0 Å². The van der Waals surface area contributed by atoms with Crippen molar-refractivity contribution in [2.24, 2.45) is 0 Å². The van der Waals surface area contributed by atoms with Crippen molar-refractivity contribution in [1.29, 1.82) is 0 Å². The van der Waals surface area contributed by atoms with Gasteiger partial charge in [0.1, 0.15) is 5.75 Å². The molecule has 4 heteroatoms. The highest BCUT2D eigenvalue weighted by Crippen LogP contribution is 2.32. The van der Waals surface area contributed by atoms with E-state index in [9.17, 15) is 0 Å². The Morgan fingerprint density at radius 1 is 1.24 bits per heavy atom. The van der Waals surface area contributed by atoms with E-state index in [0.717, 1.165) is 18.6 Å². The Morgan fingerprint density at radius 3 is 2.67 bits per heavy atom. The molecule has 21 heavy (non-hydrogen) atoms. The molecule has 1 N–H and O–H groups in total. The first-order chi connectivity index (χ1) is 10.3. The van der Waals surface area contributed by atoms with Gasteiger partial charge in [-0.3, -0.25) is 0 Å². The van der Waals surface area contributed by atoms with Crippen molar-refractivity contribution in [3.8, 4) is 5.75 Å². The van der Waals surface area contributed by atoms with E-state index in [0.29, 0.717) is 25.8 Å². The minimum absolute atomic E-state index is 0.170. The summed E-state index contributed by atoms with van der Waals surface area (Å²) >= 11 is 0. The summed E-state index contributed by atoms with van der Waals surface area (Å²) in [5.74, 6) is 0.925. The number of benzene rings is 1. The van der Waals surface area contributed by atoms with E-state index in [1.165, 1.54) is 17.5 Å². The topological polar surface area (TPSA) is 39.7 Å². The second kappa shape index (κ2) is 8.37. The number of nitrogens with one attached hydrogen (secondary N) is 1. The van der Waals surface area contributed by atoms with E-state index >= 15 is 0 Å². The first kappa shape index (κ1) is 16.3. The van der Waals surface area contributed by atoms with Crippen LogP contribution in [0.15, 0.2) is 18.2 Å². The molecule has 1 unspecified atom stereocenters. The lowest BCUT2D eigenvalue weighted by Gasteiger charge is -2.28. The molecule has 0 heterocycles. The van der Waals surface area contributed by atoms with Gasteiger partial charge in [0, 0.05) is 25.8 Å². The molecule has 0 saturated carbocycles. The van der Waals surface area contributed by atoms with Crippen LogP contribution in [0.4, 0.5) is 0 Å². The highest BCUT2D eigenvalue weighted by atomic mass is 16.7. The molecule has 0 fully saturated rings. The van der Waals surface area contributed by atoms with Crippen molar-refractivity contribution >= 4 is 0 Å². The molecule has 1 aliphatic rings. The van der Waals surface area contributed by atoms with Crippen LogP contribution in [0.2, 0.25) is 0 Å². The maximum Gasteiger partial charge on any atom is 0.169 e. The van der Waals surface area contributed by atoms with Crippen LogP contribution in [0.3, 0.4) is 0 Å². The van der Waals surface area contributed by atoms with Crippen LogP contribution in [0.1, 0.15) is 43.9 Å². The molecule has 2 rings (SSSR count). The van der Waals surface area contributed by atoms with Crippen molar-refractivity contribution in [3.05, 3.63) is 29.3 Å². The highest BCUT2D eigenvalue weighted by molar-refractivity contribution is 5.39. The molecule has 4 nitrogen and oxygen atoms in total. The van der Waals surface area contributed by atoms with Crippen LogP contribution >= 0.6 is 0 Å². The van der Waals surface area contributed by atoms with E-state index in [-0.39, 0.29) is 6.29 Å². The zero-order chi connectivity index (χ0) is 15.1. The molecule has 118 valence electrons. The summed E-state index contributed by atoms with van der Waals surface area (Å²) in [6, 6.07) is 6.74. The van der Waals surface area contributed by atoms with Crippen LogP contribution in [0.25, 0.3) is 0 Å². The van der Waals surface area contributed by atoms with Crippen LogP contribution in [-0.2, 0) is 15.9 Å². The Morgan fingerprint density at radius 2 is 2.00 bits per heavy atom. The third-order valence-corrected chi connectivity index (χ3v) is 3.90. The summed E-state index contributed by atoms with van der Waals surface area (Å²) < 4.78 is 16.5. The summed E-state index contributed by atoms with van der Waals surface area (Å²) in [4.78, 5) is 0. The Kier molecular flexibility index (Phi) is 6.49. The van der Waals surface area contributed by atoms with Crippen LogP contribution in [0, 0.1) is 0 Å². The number of aryl methyl sites for hydroxylation is 1. The molecule has 0 aliphatic heterocycles. The SMILES string of the molecule is CCOC(CNC1CCCc2ccc(OC)cc21)OCC. The predicted octanol–water partition coefficient (Wildman–Crippen LogP) is 3.06. The van der Waals surface area contributed by atoms with Crippen molar-refractivity contribution < 1.29 is 14.2 Å². The molecule has 0 aromatic heterocycles. The van der Waals surface area contributed by atoms with E-state index in [1.54, 1.807) is 7.11 Å². The van der Waals surface area contributed by atoms with E-state index in [1.807, 2.05) is 19.9 Å². The molecule has 0 spiro atoms. The molecular weight excluding hydrogens is 266 g/mol. The van der Waals surface area contributed by atoms with Gasteiger partial charge in [0.15, 0.2) is 6.29 Å². The quantitative estimate of drug-likeness (QED) is 0.748. The van der Waals surface area contributed by atoms with Crippen LogP contribution < -0.4 is 10.1 Å². The normalized spacial score (nSPS) is 17.8. The largest absolute Gasteiger partial charge is 0.497 e. The number of hydrogen-bond donors (Lipinski definition) is 1. The average molecular weight is 293 g/mol. The summed E-state index contributed by atoms with van der Waals surface area (Å²) in [6.07, 6.45) is 3.34. The summed E-state index contributed by atoms with van der Waals surface area (Å²) in [6.45, 7) is 6.03. The fraction of sp³-hybridized carbons (Fsp3) is 0.647. The first-order valence-electron chi connectivity index (χ1n) is 7.91. The Hall–Kier alpha value is -1.10. The molecule has 0 radical (unpaired) electrons. The second-order valence-corrected chi connectivity index (χ2v) is 5.26. The fourth-order valence-electron chi connectivity index (χ4n) is 2.89. The smallest absolute Gasteiger partial charge is 0.169 e. The summed E-state index contributed by atoms with van der Waals surface area (Å²) in [5.41, 5.74) is 2.77. The lowest BCUT2D eigenvalue weighted by atomic mass is 9.87. The summed E-state index contributed by atoms with van der Waals surface area (Å²) in [5, 5.41) is 3.59. The van der Waals surface area contributed by atoms with E-state index in [2.05, 4.69) is 17.4 Å². The number of methoxy groups -OCH3 is 1. The predicted molar refractivity (Wildman–Crippen MR) is 83.7 cm³/mol. The first-order valence-corrected chi connectivity index (χ1v) is 7.91. The van der Waals surface area contributed by atoms with Gasteiger partial charge in [0.25, 0.3) is 0 Å². The standard InChI is InChI=1S/C17H27NO3/c1-4-20-17(21-5-2)12-18-16-8-6-7-13-9-10-14(19-3)11-15(13)16/h9-11,16-18H,4-8,12H2,1-3H3. The van der Waals surface area contributed by atoms with Gasteiger partial charge in [0.05, 0.1) is 7.11 Å². The van der Waals surface area contributed by atoms with Crippen molar-refractivity contribution in [2.75, 3.05) is 26.9 Å². The Bertz CT molecular complexity index is 430. The zero-order valence-corrected chi connectivity index (χ0v) is 13.4. The number of ether oxygens (including phenoxy) is 3. The van der Waals surface area contributed by atoms with Crippen molar-refractivity contribution in [3.63, 3.8) is 0 Å². The lowest BCUT2D eigenvalue weighted by molar-refractivity contribution is -0.134. The van der Waals surface area contributed by atoms with E-state index < -0.39 is 0 Å². The average Bonchev–Trinajstić information content (AvgIpc) is 2.52. The van der Waals surface area contributed by atoms with Gasteiger partial charge in [-0.05, 0) is 56.4 Å². The molecular formula is C17H27NO3. The molecule has 1 aromatic rings. The fourth-order valence-corrected chi connectivity index (χ4v) is 2.89. The number of fused-ring (bicyclic) bond motifs is 1.